The molecule has 55 heavy (non-hydrogen) atoms. The second-order valence-electron chi connectivity index (χ2n) is 14.4. The molecule has 5 heterocycles. The van der Waals surface area contributed by atoms with Gasteiger partial charge < -0.3 is 26.0 Å². The molecular weight excluding hydrogens is 714 g/mol. The minimum Gasteiger partial charge on any atom is -0.381 e. The summed E-state index contributed by atoms with van der Waals surface area (Å²) >= 11 is 6.70. The summed E-state index contributed by atoms with van der Waals surface area (Å²) in [5.41, 5.74) is 7.96. The third-order valence-electron chi connectivity index (χ3n) is 10.4. The monoisotopic (exact) mass is 763 g/mol. The smallest absolute Gasteiger partial charge is 0.270 e. The number of amides is 2. The maximum atomic E-state index is 13.5. The zero-order valence-electron chi connectivity index (χ0n) is 31.8. The van der Waals surface area contributed by atoms with Gasteiger partial charge in [0, 0.05) is 93.0 Å². The summed E-state index contributed by atoms with van der Waals surface area (Å²) in [5, 5.41) is 19.4. The average Bonchev–Trinajstić information content (AvgIpc) is 3.63. The summed E-state index contributed by atoms with van der Waals surface area (Å²) in [6, 6.07) is 19.9. The number of ether oxygens (including phenoxy) is 1. The standard InChI is InChI=1S/C42H50ClN9O3/c1-4-36-33(39(48-31-14-18-55-19-15-31)34-24-47-52(5-2)40(34)50-36)23-46-42(54)38-11-7-10-37(49-38)41(53)45-22-28-12-13-35(43)32(21-28)30-9-6-8-29(20-30)26-51-17-16-44-27(3)25-51/h6-13,20-21,24,27,31,44H,4-5,14-19,22-23,25-26H2,1-3H3,(H,45,53)(H,46,54)(H,48,50)/t27-/m0/s1. The van der Waals surface area contributed by atoms with Crippen molar-refractivity contribution in [3.8, 4) is 11.1 Å². The summed E-state index contributed by atoms with van der Waals surface area (Å²) < 4.78 is 7.49. The molecule has 0 unspecified atom stereocenters. The molecule has 12 nitrogen and oxygen atoms in total. The van der Waals surface area contributed by atoms with Crippen molar-refractivity contribution in [3.63, 3.8) is 0 Å². The number of anilines is 1. The number of benzene rings is 2. The fourth-order valence-electron chi connectivity index (χ4n) is 7.48. The molecule has 2 amide bonds. The van der Waals surface area contributed by atoms with Crippen LogP contribution in [0, 0.1) is 0 Å². The lowest BCUT2D eigenvalue weighted by molar-refractivity contribution is 0.0904. The number of carbonyl (C=O) groups excluding carboxylic acids is 2. The Balaban J connectivity index is 1.02. The molecule has 4 N–H and O–H groups in total. The molecule has 2 aromatic carbocycles. The molecule has 2 saturated heterocycles. The summed E-state index contributed by atoms with van der Waals surface area (Å²) in [6.45, 7) is 12.8. The minimum absolute atomic E-state index is 0.154. The van der Waals surface area contributed by atoms with Crippen LogP contribution < -0.4 is 21.3 Å². The van der Waals surface area contributed by atoms with Crippen LogP contribution in [0.2, 0.25) is 5.02 Å². The number of rotatable bonds is 13. The van der Waals surface area contributed by atoms with E-state index in [0.717, 1.165) is 83.7 Å². The molecule has 13 heteroatoms. The van der Waals surface area contributed by atoms with Crippen LogP contribution in [-0.4, -0.2) is 81.4 Å². The van der Waals surface area contributed by atoms with Crippen LogP contribution in [0.5, 0.6) is 0 Å². The zero-order valence-corrected chi connectivity index (χ0v) is 32.6. The molecule has 0 saturated carbocycles. The topological polar surface area (TPSA) is 138 Å². The first-order valence-electron chi connectivity index (χ1n) is 19.4. The molecule has 0 aliphatic carbocycles. The van der Waals surface area contributed by atoms with Gasteiger partial charge in [-0.05, 0) is 80.1 Å². The molecule has 5 aromatic rings. The van der Waals surface area contributed by atoms with Crippen LogP contribution >= 0.6 is 11.6 Å². The van der Waals surface area contributed by atoms with Crippen LogP contribution in [0.1, 0.15) is 77.0 Å². The van der Waals surface area contributed by atoms with Crippen molar-refractivity contribution in [2.45, 2.75) is 78.3 Å². The molecule has 0 spiro atoms. The van der Waals surface area contributed by atoms with Gasteiger partial charge in [-0.15, -0.1) is 0 Å². The maximum Gasteiger partial charge on any atom is 0.270 e. The zero-order chi connectivity index (χ0) is 38.3. The highest BCUT2D eigenvalue weighted by Gasteiger charge is 2.23. The number of nitrogens with one attached hydrogen (secondary N) is 4. The largest absolute Gasteiger partial charge is 0.381 e. The van der Waals surface area contributed by atoms with E-state index in [2.05, 4.69) is 74.4 Å². The predicted octanol–water partition coefficient (Wildman–Crippen LogP) is 5.97. The third kappa shape index (κ3) is 9.16. The Hall–Kier alpha value is -4.88. The molecule has 288 valence electrons. The van der Waals surface area contributed by atoms with Crippen molar-refractivity contribution in [2.24, 2.45) is 0 Å². The quantitative estimate of drug-likeness (QED) is 0.114. The molecule has 3 aromatic heterocycles. The fraction of sp³-hybridized carbons (Fsp3) is 0.405. The second-order valence-corrected chi connectivity index (χ2v) is 14.8. The van der Waals surface area contributed by atoms with Gasteiger partial charge in [-0.25, -0.2) is 14.6 Å². The molecule has 1 atom stereocenters. The first kappa shape index (κ1) is 38.4. The van der Waals surface area contributed by atoms with E-state index < -0.39 is 0 Å². The van der Waals surface area contributed by atoms with Crippen molar-refractivity contribution < 1.29 is 14.3 Å². The highest BCUT2D eigenvalue weighted by molar-refractivity contribution is 6.33. The van der Waals surface area contributed by atoms with Crippen molar-refractivity contribution >= 4 is 40.1 Å². The van der Waals surface area contributed by atoms with Gasteiger partial charge in [0.05, 0.1) is 17.3 Å². The Kier molecular flexibility index (Phi) is 12.4. The summed E-state index contributed by atoms with van der Waals surface area (Å²) in [5.74, 6) is -0.758. The van der Waals surface area contributed by atoms with Crippen LogP contribution in [0.3, 0.4) is 0 Å². The number of nitrogens with zero attached hydrogens (tertiary/aromatic N) is 5. The van der Waals surface area contributed by atoms with Crippen molar-refractivity contribution in [1.82, 2.24) is 40.6 Å². The number of piperazine rings is 1. The second kappa shape index (κ2) is 17.7. The number of hydrogen-bond donors (Lipinski definition) is 4. The Morgan fingerprint density at radius 1 is 0.945 bits per heavy atom. The van der Waals surface area contributed by atoms with E-state index in [1.165, 1.54) is 5.56 Å². The van der Waals surface area contributed by atoms with Gasteiger partial charge in [-0.1, -0.05) is 48.9 Å². The van der Waals surface area contributed by atoms with Gasteiger partial charge in [-0.3, -0.25) is 14.5 Å². The number of pyridine rings is 2. The van der Waals surface area contributed by atoms with Gasteiger partial charge >= 0.3 is 0 Å². The van der Waals surface area contributed by atoms with Crippen LogP contribution in [0.4, 0.5) is 5.69 Å². The lowest BCUT2D eigenvalue weighted by atomic mass is 10.0. The van der Waals surface area contributed by atoms with Crippen LogP contribution in [-0.2, 0) is 37.3 Å². The highest BCUT2D eigenvalue weighted by Crippen LogP contribution is 2.32. The Labute approximate surface area is 327 Å². The fourth-order valence-corrected chi connectivity index (χ4v) is 7.70. The van der Waals surface area contributed by atoms with Crippen LogP contribution in [0.25, 0.3) is 22.2 Å². The summed E-state index contributed by atoms with van der Waals surface area (Å²) in [7, 11) is 0. The Morgan fingerprint density at radius 2 is 1.71 bits per heavy atom. The molecule has 2 fully saturated rings. The number of halogens is 1. The molecule has 0 bridgehead atoms. The number of aromatic nitrogens is 4. The van der Waals surface area contributed by atoms with E-state index in [1.54, 1.807) is 18.2 Å². The SMILES string of the molecule is CCc1nc2c(cnn2CC)c(NC2CCOCC2)c1CNC(=O)c1cccc(C(=O)NCc2ccc(Cl)c(-c3cccc(CN4CCN[C@@H](C)C4)c3)c2)n1. The van der Waals surface area contributed by atoms with Gasteiger partial charge in [0.25, 0.3) is 11.8 Å². The Bertz CT molecular complexity index is 2150. The molecule has 2 aliphatic heterocycles. The minimum atomic E-state index is -0.380. The highest BCUT2D eigenvalue weighted by atomic mass is 35.5. The molecule has 2 aliphatic rings. The average molecular weight is 764 g/mol. The molecule has 7 rings (SSSR count). The van der Waals surface area contributed by atoms with Crippen molar-refractivity contribution in [2.75, 3.05) is 38.2 Å². The van der Waals surface area contributed by atoms with E-state index in [1.807, 2.05) is 36.0 Å². The lowest BCUT2D eigenvalue weighted by Gasteiger charge is -2.31. The van der Waals surface area contributed by atoms with E-state index in [9.17, 15) is 9.59 Å². The number of aryl methyl sites for hydroxylation is 2. The first-order valence-corrected chi connectivity index (χ1v) is 19.8. The number of carbonyl (C=O) groups is 2. The van der Waals surface area contributed by atoms with Crippen molar-refractivity contribution in [3.05, 3.63) is 106 Å². The number of hydrogen-bond acceptors (Lipinski definition) is 9. The first-order chi connectivity index (χ1) is 26.8. The molecule has 0 radical (unpaired) electrons. The van der Waals surface area contributed by atoms with E-state index in [0.29, 0.717) is 37.2 Å². The van der Waals surface area contributed by atoms with E-state index >= 15 is 0 Å². The maximum absolute atomic E-state index is 13.5. The summed E-state index contributed by atoms with van der Waals surface area (Å²) in [4.78, 5) is 38.8. The van der Waals surface area contributed by atoms with Gasteiger partial charge in [-0.2, -0.15) is 5.10 Å². The lowest BCUT2D eigenvalue weighted by Crippen LogP contribution is -2.48. The Morgan fingerprint density at radius 3 is 2.45 bits per heavy atom. The van der Waals surface area contributed by atoms with Crippen molar-refractivity contribution in [1.29, 1.82) is 0 Å². The predicted molar refractivity (Wildman–Crippen MR) is 216 cm³/mol. The molecular formula is C42H50ClN9O3. The summed E-state index contributed by atoms with van der Waals surface area (Å²) in [6.07, 6.45) is 4.31. The van der Waals surface area contributed by atoms with E-state index in [-0.39, 0.29) is 42.3 Å². The van der Waals surface area contributed by atoms with Gasteiger partial charge in [0.1, 0.15) is 11.4 Å². The third-order valence-corrected chi connectivity index (χ3v) is 10.7. The normalized spacial score (nSPS) is 16.6. The van der Waals surface area contributed by atoms with Gasteiger partial charge in [0.2, 0.25) is 0 Å². The van der Waals surface area contributed by atoms with E-state index in [4.69, 9.17) is 21.3 Å². The van der Waals surface area contributed by atoms with Gasteiger partial charge in [0.15, 0.2) is 5.65 Å². The number of fused-ring (bicyclic) bond motifs is 1. The van der Waals surface area contributed by atoms with Crippen LogP contribution in [0.15, 0.2) is 66.9 Å².